The van der Waals surface area contributed by atoms with Crippen LogP contribution in [-0.4, -0.2) is 68.0 Å². The molecule has 1 aliphatic rings. The first-order valence-electron chi connectivity index (χ1n) is 9.92. The van der Waals surface area contributed by atoms with Crippen LogP contribution in [0.15, 0.2) is 35.7 Å². The van der Waals surface area contributed by atoms with Gasteiger partial charge in [0, 0.05) is 31.1 Å². The summed E-state index contributed by atoms with van der Waals surface area (Å²) in [6.45, 7) is 4.96. The van der Waals surface area contributed by atoms with Crippen LogP contribution in [0, 0.1) is 0 Å². The number of thiophene rings is 1. The molecule has 0 spiro atoms. The van der Waals surface area contributed by atoms with Gasteiger partial charge in [-0.25, -0.2) is 9.97 Å². The minimum Gasteiger partial charge on any atom is -0.382 e. The number of rotatable bonds is 6. The second kappa shape index (κ2) is 8.75. The molecule has 154 valence electrons. The maximum absolute atomic E-state index is 6.07. The fourth-order valence-electron chi connectivity index (χ4n) is 3.88. The average molecular weight is 413 g/mol. The third-order valence-corrected chi connectivity index (χ3v) is 5.85. The molecule has 3 aromatic rings. The lowest BCUT2D eigenvalue weighted by atomic mass is 10.1. The van der Waals surface area contributed by atoms with E-state index in [4.69, 9.17) is 19.4 Å². The van der Waals surface area contributed by atoms with Gasteiger partial charge in [0.05, 0.1) is 30.7 Å². The Morgan fingerprint density at radius 2 is 2.00 bits per heavy atom. The predicted molar refractivity (Wildman–Crippen MR) is 119 cm³/mol. The van der Waals surface area contributed by atoms with E-state index >= 15 is 0 Å². The van der Waals surface area contributed by atoms with Gasteiger partial charge in [-0.05, 0) is 26.6 Å². The van der Waals surface area contributed by atoms with Gasteiger partial charge < -0.3 is 19.3 Å². The molecule has 0 aliphatic carbocycles. The van der Waals surface area contributed by atoms with Gasteiger partial charge in [-0.15, -0.1) is 11.3 Å². The highest BCUT2D eigenvalue weighted by atomic mass is 32.1. The van der Waals surface area contributed by atoms with E-state index in [9.17, 15) is 0 Å². The summed E-state index contributed by atoms with van der Waals surface area (Å²) >= 11 is 1.69. The minimum atomic E-state index is 0.0323. The number of fused-ring (bicyclic) bond motifs is 1. The summed E-state index contributed by atoms with van der Waals surface area (Å²) in [6.07, 6.45) is 0.148. The van der Waals surface area contributed by atoms with Crippen molar-refractivity contribution >= 4 is 27.4 Å². The van der Waals surface area contributed by atoms with Crippen LogP contribution in [0.4, 0.5) is 5.82 Å². The lowest BCUT2D eigenvalue weighted by molar-refractivity contribution is -0.0512. The number of nitrogens with zero attached hydrogens (tertiary/aromatic N) is 4. The van der Waals surface area contributed by atoms with Crippen LogP contribution in [0.1, 0.15) is 12.7 Å². The van der Waals surface area contributed by atoms with Gasteiger partial charge in [-0.1, -0.05) is 30.3 Å². The van der Waals surface area contributed by atoms with E-state index in [1.54, 1.807) is 18.4 Å². The van der Waals surface area contributed by atoms with Crippen molar-refractivity contribution in [2.45, 2.75) is 25.7 Å². The molecule has 0 radical (unpaired) electrons. The van der Waals surface area contributed by atoms with Crippen molar-refractivity contribution in [2.24, 2.45) is 0 Å². The topological polar surface area (TPSA) is 50.7 Å². The first kappa shape index (κ1) is 20.2. The number of anilines is 1. The van der Waals surface area contributed by atoms with Crippen molar-refractivity contribution in [3.05, 3.63) is 41.5 Å². The summed E-state index contributed by atoms with van der Waals surface area (Å²) in [4.78, 5) is 15.4. The van der Waals surface area contributed by atoms with Crippen molar-refractivity contribution in [3.63, 3.8) is 0 Å². The Balaban J connectivity index is 1.84. The molecule has 1 saturated heterocycles. The first-order valence-corrected chi connectivity index (χ1v) is 10.8. The largest absolute Gasteiger partial charge is 0.382 e. The molecule has 1 aliphatic heterocycles. The van der Waals surface area contributed by atoms with Gasteiger partial charge >= 0.3 is 0 Å². The Morgan fingerprint density at radius 3 is 2.72 bits per heavy atom. The van der Waals surface area contributed by atoms with E-state index in [0.717, 1.165) is 34.9 Å². The van der Waals surface area contributed by atoms with Gasteiger partial charge in [0.1, 0.15) is 16.5 Å². The maximum atomic E-state index is 6.07. The average Bonchev–Trinajstić information content (AvgIpc) is 3.11. The van der Waals surface area contributed by atoms with E-state index in [1.807, 2.05) is 20.2 Å². The fourth-order valence-corrected chi connectivity index (χ4v) is 4.84. The van der Waals surface area contributed by atoms with Gasteiger partial charge in [-0.3, -0.25) is 0 Å². The quantitative estimate of drug-likeness (QED) is 0.616. The van der Waals surface area contributed by atoms with Crippen LogP contribution in [0.2, 0.25) is 0 Å². The zero-order valence-corrected chi connectivity index (χ0v) is 18.3. The fraction of sp³-hybridized carbons (Fsp3) is 0.455. The van der Waals surface area contributed by atoms with Crippen molar-refractivity contribution in [1.82, 2.24) is 14.9 Å². The third kappa shape index (κ3) is 4.43. The Kier molecular flexibility index (Phi) is 6.10. The highest BCUT2D eigenvalue weighted by Gasteiger charge is 2.29. The van der Waals surface area contributed by atoms with E-state index in [1.165, 1.54) is 11.1 Å². The SMILES string of the molecule is COCC1CN(c2nc(CN(C)C)nc3scc(-c4ccccc4)c23)CC(C)O1. The lowest BCUT2D eigenvalue weighted by Gasteiger charge is -2.37. The van der Waals surface area contributed by atoms with E-state index < -0.39 is 0 Å². The number of hydrogen-bond acceptors (Lipinski definition) is 7. The summed E-state index contributed by atoms with van der Waals surface area (Å²) in [5, 5.41) is 3.34. The molecule has 2 unspecified atom stereocenters. The van der Waals surface area contributed by atoms with Gasteiger partial charge in [0.2, 0.25) is 0 Å². The molecule has 29 heavy (non-hydrogen) atoms. The highest BCUT2D eigenvalue weighted by molar-refractivity contribution is 7.17. The molecule has 0 saturated carbocycles. The van der Waals surface area contributed by atoms with Crippen molar-refractivity contribution < 1.29 is 9.47 Å². The number of methoxy groups -OCH3 is 1. The molecule has 0 amide bonds. The molecule has 0 bridgehead atoms. The monoisotopic (exact) mass is 412 g/mol. The smallest absolute Gasteiger partial charge is 0.146 e. The molecule has 4 rings (SSSR count). The Hall–Kier alpha value is -2.06. The molecule has 7 heteroatoms. The number of aromatic nitrogens is 2. The zero-order chi connectivity index (χ0) is 20.4. The molecule has 6 nitrogen and oxygen atoms in total. The Labute approximate surface area is 176 Å². The van der Waals surface area contributed by atoms with Crippen LogP contribution in [0.3, 0.4) is 0 Å². The summed E-state index contributed by atoms with van der Waals surface area (Å²) in [6, 6.07) is 10.5. The normalized spacial score (nSPS) is 20.0. The summed E-state index contributed by atoms with van der Waals surface area (Å²) in [5.41, 5.74) is 2.39. The van der Waals surface area contributed by atoms with E-state index in [2.05, 4.69) is 46.4 Å². The third-order valence-electron chi connectivity index (χ3n) is 4.98. The predicted octanol–water partition coefficient (Wildman–Crippen LogP) is 3.66. The second-order valence-corrected chi connectivity index (χ2v) is 8.68. The summed E-state index contributed by atoms with van der Waals surface area (Å²) in [7, 11) is 5.81. The van der Waals surface area contributed by atoms with Crippen LogP contribution in [0.25, 0.3) is 21.3 Å². The van der Waals surface area contributed by atoms with E-state index in [0.29, 0.717) is 13.2 Å². The Morgan fingerprint density at radius 1 is 1.21 bits per heavy atom. The van der Waals surface area contributed by atoms with Crippen LogP contribution in [-0.2, 0) is 16.0 Å². The number of hydrogen-bond donors (Lipinski definition) is 0. The summed E-state index contributed by atoms with van der Waals surface area (Å²) in [5.74, 6) is 1.85. The zero-order valence-electron chi connectivity index (χ0n) is 17.5. The standard InChI is InChI=1S/C22H28N4O2S/c1-15-10-26(11-17(28-15)13-27-4)21-20-18(16-8-6-5-7-9-16)14-29-22(20)24-19(23-21)12-25(2)3/h5-9,14-15,17H,10-13H2,1-4H3. The van der Waals surface area contributed by atoms with Gasteiger partial charge in [0.15, 0.2) is 0 Å². The Bertz CT molecular complexity index is 960. The molecular weight excluding hydrogens is 384 g/mol. The van der Waals surface area contributed by atoms with Crippen molar-refractivity contribution in [2.75, 3.05) is 45.8 Å². The molecule has 3 heterocycles. The van der Waals surface area contributed by atoms with Crippen LogP contribution >= 0.6 is 11.3 Å². The van der Waals surface area contributed by atoms with Gasteiger partial charge in [0.25, 0.3) is 0 Å². The maximum Gasteiger partial charge on any atom is 0.146 e. The van der Waals surface area contributed by atoms with Crippen LogP contribution < -0.4 is 4.90 Å². The summed E-state index contributed by atoms with van der Waals surface area (Å²) < 4.78 is 11.4. The lowest BCUT2D eigenvalue weighted by Crippen LogP contribution is -2.48. The number of ether oxygens (including phenoxy) is 2. The second-order valence-electron chi connectivity index (χ2n) is 7.83. The first-order chi connectivity index (χ1) is 14.0. The minimum absolute atomic E-state index is 0.0323. The molecule has 1 aromatic carbocycles. The van der Waals surface area contributed by atoms with Crippen molar-refractivity contribution in [3.8, 4) is 11.1 Å². The van der Waals surface area contributed by atoms with Crippen LogP contribution in [0.5, 0.6) is 0 Å². The number of morpholine rings is 1. The van der Waals surface area contributed by atoms with E-state index in [-0.39, 0.29) is 12.2 Å². The molecule has 0 N–H and O–H groups in total. The molecular formula is C22H28N4O2S. The molecule has 2 aromatic heterocycles. The highest BCUT2D eigenvalue weighted by Crippen LogP contribution is 2.39. The molecule has 2 atom stereocenters. The number of benzene rings is 1. The van der Waals surface area contributed by atoms with Crippen molar-refractivity contribution in [1.29, 1.82) is 0 Å². The molecule has 1 fully saturated rings. The van der Waals surface area contributed by atoms with Gasteiger partial charge in [-0.2, -0.15) is 0 Å².